The molecule has 1 aromatic heterocycles. The number of carboxylic acid groups (broad SMARTS) is 1. The lowest BCUT2D eigenvalue weighted by molar-refractivity contribution is -0.139. The molecule has 0 saturated carbocycles. The van der Waals surface area contributed by atoms with Gasteiger partial charge in [0.1, 0.15) is 6.10 Å². The minimum atomic E-state index is -0.946. The van der Waals surface area contributed by atoms with Gasteiger partial charge in [-0.25, -0.2) is 4.79 Å². The van der Waals surface area contributed by atoms with Crippen LogP contribution in [0.2, 0.25) is 0 Å². The first-order valence-corrected chi connectivity index (χ1v) is 6.69. The van der Waals surface area contributed by atoms with Crippen LogP contribution < -0.4 is 11.2 Å². The number of H-pyrrole nitrogens is 1. The van der Waals surface area contributed by atoms with E-state index in [9.17, 15) is 14.4 Å². The molecule has 21 heavy (non-hydrogen) atoms. The SMILES string of the molecule is CC[C@H]1O[C@@H](n2ccc(=O)[nH]c2=O)C(OC)[C@H]1CC(=O)O. The van der Waals surface area contributed by atoms with E-state index < -0.39 is 29.6 Å². The molecular formula is C13H18N2O6. The van der Waals surface area contributed by atoms with Crippen LogP contribution >= 0.6 is 0 Å². The first-order valence-electron chi connectivity index (χ1n) is 6.69. The maximum absolute atomic E-state index is 11.9. The number of methoxy groups -OCH3 is 1. The predicted molar refractivity (Wildman–Crippen MR) is 72.1 cm³/mol. The third kappa shape index (κ3) is 3.06. The summed E-state index contributed by atoms with van der Waals surface area (Å²) in [6.07, 6.45) is 0.171. The van der Waals surface area contributed by atoms with Gasteiger partial charge < -0.3 is 14.6 Å². The van der Waals surface area contributed by atoms with E-state index in [2.05, 4.69) is 4.98 Å². The van der Waals surface area contributed by atoms with Crippen molar-refractivity contribution in [2.75, 3.05) is 7.11 Å². The molecule has 1 fully saturated rings. The number of carboxylic acids is 1. The highest BCUT2D eigenvalue weighted by atomic mass is 16.6. The number of hydrogen-bond acceptors (Lipinski definition) is 5. The maximum Gasteiger partial charge on any atom is 0.330 e. The van der Waals surface area contributed by atoms with E-state index in [1.165, 1.54) is 23.9 Å². The first kappa shape index (κ1) is 15.5. The van der Waals surface area contributed by atoms with Gasteiger partial charge in [-0.15, -0.1) is 0 Å². The van der Waals surface area contributed by atoms with Gasteiger partial charge in [-0.3, -0.25) is 19.1 Å². The van der Waals surface area contributed by atoms with Crippen LogP contribution in [-0.4, -0.2) is 39.9 Å². The Labute approximate surface area is 120 Å². The van der Waals surface area contributed by atoms with E-state index in [0.29, 0.717) is 6.42 Å². The lowest BCUT2D eigenvalue weighted by atomic mass is 9.92. The fourth-order valence-corrected chi connectivity index (χ4v) is 2.77. The number of rotatable bonds is 5. The number of carbonyl (C=O) groups is 1. The lowest BCUT2D eigenvalue weighted by Crippen LogP contribution is -2.37. The van der Waals surface area contributed by atoms with Crippen LogP contribution in [0.4, 0.5) is 0 Å². The van der Waals surface area contributed by atoms with Gasteiger partial charge in [0.15, 0.2) is 6.23 Å². The van der Waals surface area contributed by atoms with Gasteiger partial charge in [-0.2, -0.15) is 0 Å². The molecule has 8 heteroatoms. The minimum absolute atomic E-state index is 0.106. The number of nitrogens with zero attached hydrogens (tertiary/aromatic N) is 1. The molecule has 0 amide bonds. The van der Waals surface area contributed by atoms with Crippen LogP contribution in [0, 0.1) is 5.92 Å². The molecule has 1 aliphatic rings. The number of nitrogens with one attached hydrogen (secondary N) is 1. The summed E-state index contributed by atoms with van der Waals surface area (Å²) in [7, 11) is 1.45. The summed E-state index contributed by atoms with van der Waals surface area (Å²) in [5, 5.41) is 9.02. The van der Waals surface area contributed by atoms with Crippen molar-refractivity contribution < 1.29 is 19.4 Å². The van der Waals surface area contributed by atoms with Crippen molar-refractivity contribution in [3.05, 3.63) is 33.1 Å². The van der Waals surface area contributed by atoms with E-state index in [1.54, 1.807) is 0 Å². The molecular weight excluding hydrogens is 280 g/mol. The van der Waals surface area contributed by atoms with Gasteiger partial charge in [0.25, 0.3) is 5.56 Å². The third-order valence-corrected chi connectivity index (χ3v) is 3.70. The van der Waals surface area contributed by atoms with Crippen LogP contribution in [0.25, 0.3) is 0 Å². The Morgan fingerprint density at radius 1 is 1.52 bits per heavy atom. The number of hydrogen-bond donors (Lipinski definition) is 2. The Morgan fingerprint density at radius 2 is 2.24 bits per heavy atom. The summed E-state index contributed by atoms with van der Waals surface area (Å²) in [5.74, 6) is -1.31. The Morgan fingerprint density at radius 3 is 2.76 bits per heavy atom. The average molecular weight is 298 g/mol. The van der Waals surface area contributed by atoms with Crippen LogP contribution in [0.15, 0.2) is 21.9 Å². The molecule has 1 aliphatic heterocycles. The summed E-state index contributed by atoms with van der Waals surface area (Å²) in [6, 6.07) is 1.21. The van der Waals surface area contributed by atoms with Gasteiger partial charge in [0.05, 0.1) is 12.5 Å². The van der Waals surface area contributed by atoms with Crippen LogP contribution in [0.3, 0.4) is 0 Å². The van der Waals surface area contributed by atoms with Crippen LogP contribution in [0.5, 0.6) is 0 Å². The zero-order valence-corrected chi connectivity index (χ0v) is 11.8. The normalized spacial score (nSPS) is 28.7. The zero-order valence-electron chi connectivity index (χ0n) is 11.8. The quantitative estimate of drug-likeness (QED) is 0.788. The second-order valence-corrected chi connectivity index (χ2v) is 4.95. The molecule has 1 unspecified atom stereocenters. The zero-order chi connectivity index (χ0) is 15.6. The molecule has 1 saturated heterocycles. The molecule has 1 aromatic rings. The van der Waals surface area contributed by atoms with Crippen LogP contribution in [-0.2, 0) is 14.3 Å². The fraction of sp³-hybridized carbons (Fsp3) is 0.615. The smallest absolute Gasteiger partial charge is 0.330 e. The van der Waals surface area contributed by atoms with Crippen molar-refractivity contribution in [3.8, 4) is 0 Å². The lowest BCUT2D eigenvalue weighted by Gasteiger charge is -2.22. The molecule has 0 aromatic carbocycles. The molecule has 0 aliphatic carbocycles. The summed E-state index contributed by atoms with van der Waals surface area (Å²) in [4.78, 5) is 36.1. The summed E-state index contributed by atoms with van der Waals surface area (Å²) in [5.41, 5.74) is -1.11. The van der Waals surface area contributed by atoms with Crippen molar-refractivity contribution in [1.29, 1.82) is 0 Å². The van der Waals surface area contributed by atoms with Crippen LogP contribution in [0.1, 0.15) is 26.0 Å². The van der Waals surface area contributed by atoms with Crippen molar-refractivity contribution in [1.82, 2.24) is 9.55 Å². The molecule has 0 bridgehead atoms. The van der Waals surface area contributed by atoms with Gasteiger partial charge >= 0.3 is 11.7 Å². The maximum atomic E-state index is 11.9. The van der Waals surface area contributed by atoms with Gasteiger partial charge in [0, 0.05) is 25.3 Å². The van der Waals surface area contributed by atoms with Crippen molar-refractivity contribution in [2.24, 2.45) is 5.92 Å². The summed E-state index contributed by atoms with van der Waals surface area (Å²) < 4.78 is 12.4. The molecule has 0 radical (unpaired) electrons. The number of aromatic amines is 1. The molecule has 8 nitrogen and oxygen atoms in total. The monoisotopic (exact) mass is 298 g/mol. The number of aliphatic carboxylic acids is 1. The highest BCUT2D eigenvalue weighted by molar-refractivity contribution is 5.67. The Hall–Kier alpha value is -1.93. The van der Waals surface area contributed by atoms with Crippen molar-refractivity contribution in [3.63, 3.8) is 0 Å². The molecule has 2 rings (SSSR count). The average Bonchev–Trinajstić information content (AvgIpc) is 2.75. The van der Waals surface area contributed by atoms with Crippen molar-refractivity contribution >= 4 is 5.97 Å². The highest BCUT2D eigenvalue weighted by Gasteiger charge is 2.46. The highest BCUT2D eigenvalue weighted by Crippen LogP contribution is 2.38. The standard InChI is InChI=1S/C13H18N2O6/c1-3-8-7(6-10(17)18)11(20-2)12(21-8)15-5-4-9(16)14-13(15)19/h4-5,7-8,11-12H,3,6H2,1-2H3,(H,17,18)(H,14,16,19)/t7-,8+,11?,12+/m0/s1. The van der Waals surface area contributed by atoms with E-state index in [1.807, 2.05) is 6.92 Å². The van der Waals surface area contributed by atoms with E-state index in [0.717, 1.165) is 0 Å². The Bertz CT molecular complexity index is 622. The van der Waals surface area contributed by atoms with E-state index in [4.69, 9.17) is 14.6 Å². The molecule has 2 N–H and O–H groups in total. The largest absolute Gasteiger partial charge is 0.481 e. The number of ether oxygens (including phenoxy) is 2. The second kappa shape index (κ2) is 6.23. The Balaban J connectivity index is 2.37. The van der Waals surface area contributed by atoms with Gasteiger partial charge in [-0.1, -0.05) is 6.92 Å². The molecule has 116 valence electrons. The predicted octanol–water partition coefficient (Wildman–Crippen LogP) is -0.0501. The molecule has 4 atom stereocenters. The Kier molecular flexibility index (Phi) is 4.59. The second-order valence-electron chi connectivity index (χ2n) is 4.95. The minimum Gasteiger partial charge on any atom is -0.481 e. The number of aromatic nitrogens is 2. The fourth-order valence-electron chi connectivity index (χ4n) is 2.77. The van der Waals surface area contributed by atoms with Gasteiger partial charge in [-0.05, 0) is 6.42 Å². The first-order chi connectivity index (χ1) is 9.97. The van der Waals surface area contributed by atoms with E-state index >= 15 is 0 Å². The van der Waals surface area contributed by atoms with E-state index in [-0.39, 0.29) is 18.4 Å². The summed E-state index contributed by atoms with van der Waals surface area (Å²) >= 11 is 0. The van der Waals surface area contributed by atoms with Gasteiger partial charge in [0.2, 0.25) is 0 Å². The third-order valence-electron chi connectivity index (χ3n) is 3.70. The molecule has 2 heterocycles. The topological polar surface area (TPSA) is 111 Å². The molecule has 0 spiro atoms. The van der Waals surface area contributed by atoms with Crippen molar-refractivity contribution in [2.45, 2.75) is 38.2 Å². The summed E-state index contributed by atoms with van der Waals surface area (Å²) in [6.45, 7) is 1.88.